The maximum absolute atomic E-state index is 5.42. The smallest absolute Gasteiger partial charge is 0.123 e. The Bertz CT molecular complexity index is 380. The normalized spacial score (nSPS) is 21.5. The van der Waals surface area contributed by atoms with Gasteiger partial charge in [0.2, 0.25) is 0 Å². The van der Waals surface area contributed by atoms with Gasteiger partial charge in [-0.05, 0) is 43.5 Å². The molecular formula is C14H20BrNO. The Balaban J connectivity index is 2.08. The minimum Gasteiger partial charge on any atom is -0.496 e. The first-order chi connectivity index (χ1) is 8.19. The first-order valence-electron chi connectivity index (χ1n) is 6.24. The number of benzene rings is 1. The lowest BCUT2D eigenvalue weighted by molar-refractivity contribution is 0.175. The second-order valence-electron chi connectivity index (χ2n) is 4.94. The summed E-state index contributed by atoms with van der Waals surface area (Å²) in [7, 11) is 1.74. The molecule has 1 fully saturated rings. The van der Waals surface area contributed by atoms with Gasteiger partial charge in [0.1, 0.15) is 5.75 Å². The molecule has 1 aliphatic heterocycles. The van der Waals surface area contributed by atoms with Crippen molar-refractivity contribution in [2.24, 2.45) is 5.92 Å². The van der Waals surface area contributed by atoms with Crippen molar-refractivity contribution in [3.8, 4) is 5.75 Å². The highest BCUT2D eigenvalue weighted by atomic mass is 79.9. The van der Waals surface area contributed by atoms with Crippen molar-refractivity contribution < 1.29 is 4.74 Å². The summed E-state index contributed by atoms with van der Waals surface area (Å²) < 4.78 is 6.54. The van der Waals surface area contributed by atoms with E-state index in [1.165, 1.54) is 31.5 Å². The largest absolute Gasteiger partial charge is 0.496 e. The van der Waals surface area contributed by atoms with Gasteiger partial charge in [0, 0.05) is 23.1 Å². The predicted octanol–water partition coefficient (Wildman–Crippen LogP) is 3.69. The highest BCUT2D eigenvalue weighted by Crippen LogP contribution is 2.26. The summed E-state index contributed by atoms with van der Waals surface area (Å²) in [6.07, 6.45) is 2.68. The summed E-state index contributed by atoms with van der Waals surface area (Å²) >= 11 is 3.53. The van der Waals surface area contributed by atoms with E-state index in [1.807, 2.05) is 12.1 Å². The van der Waals surface area contributed by atoms with Crippen molar-refractivity contribution in [2.45, 2.75) is 26.3 Å². The number of hydrogen-bond donors (Lipinski definition) is 0. The van der Waals surface area contributed by atoms with Crippen LogP contribution in [-0.4, -0.2) is 25.1 Å². The molecule has 0 aliphatic carbocycles. The zero-order valence-electron chi connectivity index (χ0n) is 10.6. The van der Waals surface area contributed by atoms with E-state index < -0.39 is 0 Å². The Hall–Kier alpha value is -0.540. The van der Waals surface area contributed by atoms with E-state index in [9.17, 15) is 0 Å². The third-order valence-corrected chi connectivity index (χ3v) is 3.87. The minimum atomic E-state index is 0.821. The molecule has 1 aliphatic rings. The second-order valence-corrected chi connectivity index (χ2v) is 5.85. The first kappa shape index (κ1) is 12.9. The molecule has 17 heavy (non-hydrogen) atoms. The van der Waals surface area contributed by atoms with E-state index in [2.05, 4.69) is 33.8 Å². The van der Waals surface area contributed by atoms with Gasteiger partial charge in [0.05, 0.1) is 7.11 Å². The molecule has 1 aromatic carbocycles. The van der Waals surface area contributed by atoms with Crippen molar-refractivity contribution in [1.29, 1.82) is 0 Å². The van der Waals surface area contributed by atoms with Gasteiger partial charge in [-0.2, -0.15) is 0 Å². The average molecular weight is 298 g/mol. The topological polar surface area (TPSA) is 12.5 Å². The number of nitrogens with zero attached hydrogens (tertiary/aromatic N) is 1. The van der Waals surface area contributed by atoms with Gasteiger partial charge in [-0.25, -0.2) is 0 Å². The summed E-state index contributed by atoms with van der Waals surface area (Å²) in [6.45, 7) is 5.74. The fourth-order valence-electron chi connectivity index (χ4n) is 2.54. The number of likely N-dealkylation sites (tertiary alicyclic amines) is 1. The number of rotatable bonds is 3. The molecule has 2 rings (SSSR count). The zero-order chi connectivity index (χ0) is 12.3. The number of ether oxygens (including phenoxy) is 1. The zero-order valence-corrected chi connectivity index (χ0v) is 12.2. The number of hydrogen-bond acceptors (Lipinski definition) is 2. The van der Waals surface area contributed by atoms with Crippen LogP contribution in [0.15, 0.2) is 22.7 Å². The van der Waals surface area contributed by atoms with Crippen LogP contribution in [0.2, 0.25) is 0 Å². The molecular weight excluding hydrogens is 278 g/mol. The Kier molecular flexibility index (Phi) is 4.46. The second kappa shape index (κ2) is 5.87. The average Bonchev–Trinajstić information content (AvgIpc) is 2.29. The van der Waals surface area contributed by atoms with Gasteiger partial charge in [0.15, 0.2) is 0 Å². The third-order valence-electron chi connectivity index (χ3n) is 3.38. The molecule has 94 valence electrons. The Morgan fingerprint density at radius 2 is 2.29 bits per heavy atom. The molecule has 0 N–H and O–H groups in total. The summed E-state index contributed by atoms with van der Waals surface area (Å²) in [5.74, 6) is 1.81. The van der Waals surface area contributed by atoms with Crippen molar-refractivity contribution in [3.63, 3.8) is 0 Å². The van der Waals surface area contributed by atoms with E-state index in [0.29, 0.717) is 0 Å². The van der Waals surface area contributed by atoms with E-state index >= 15 is 0 Å². The predicted molar refractivity (Wildman–Crippen MR) is 74.4 cm³/mol. The number of piperidine rings is 1. The van der Waals surface area contributed by atoms with Crippen LogP contribution >= 0.6 is 15.9 Å². The van der Waals surface area contributed by atoms with Crippen molar-refractivity contribution in [2.75, 3.05) is 20.2 Å². The first-order valence-corrected chi connectivity index (χ1v) is 7.03. The molecule has 0 spiro atoms. The number of halogens is 1. The lowest BCUT2D eigenvalue weighted by Crippen LogP contribution is -2.33. The molecule has 1 heterocycles. The van der Waals surface area contributed by atoms with Gasteiger partial charge >= 0.3 is 0 Å². The van der Waals surface area contributed by atoms with Crippen LogP contribution in [0.5, 0.6) is 5.75 Å². The highest BCUT2D eigenvalue weighted by Gasteiger charge is 2.17. The maximum Gasteiger partial charge on any atom is 0.123 e. The molecule has 0 radical (unpaired) electrons. The Morgan fingerprint density at radius 3 is 3.00 bits per heavy atom. The molecule has 1 unspecified atom stereocenters. The Morgan fingerprint density at radius 1 is 1.47 bits per heavy atom. The van der Waals surface area contributed by atoms with Gasteiger partial charge in [-0.15, -0.1) is 0 Å². The van der Waals surface area contributed by atoms with Crippen LogP contribution in [0.3, 0.4) is 0 Å². The summed E-state index contributed by atoms with van der Waals surface area (Å²) in [5, 5.41) is 0. The lowest BCUT2D eigenvalue weighted by atomic mass is 10.00. The van der Waals surface area contributed by atoms with Gasteiger partial charge in [-0.3, -0.25) is 4.90 Å². The minimum absolute atomic E-state index is 0.821. The van der Waals surface area contributed by atoms with Crippen molar-refractivity contribution in [3.05, 3.63) is 28.2 Å². The van der Waals surface area contributed by atoms with E-state index in [1.54, 1.807) is 7.11 Å². The van der Waals surface area contributed by atoms with Gasteiger partial charge in [0.25, 0.3) is 0 Å². The third kappa shape index (κ3) is 3.46. The SMILES string of the molecule is COc1ccc(Br)cc1CN1CCCC(C)C1. The Labute approximate surface area is 112 Å². The fraction of sp³-hybridized carbons (Fsp3) is 0.571. The highest BCUT2D eigenvalue weighted by molar-refractivity contribution is 9.10. The van der Waals surface area contributed by atoms with Crippen LogP contribution in [-0.2, 0) is 6.54 Å². The molecule has 0 saturated carbocycles. The van der Waals surface area contributed by atoms with Crippen LogP contribution in [0.4, 0.5) is 0 Å². The molecule has 0 amide bonds. The number of methoxy groups -OCH3 is 1. The van der Waals surface area contributed by atoms with E-state index in [0.717, 1.165) is 22.7 Å². The van der Waals surface area contributed by atoms with Gasteiger partial charge in [-0.1, -0.05) is 22.9 Å². The van der Waals surface area contributed by atoms with E-state index in [-0.39, 0.29) is 0 Å². The molecule has 0 aromatic heterocycles. The molecule has 2 nitrogen and oxygen atoms in total. The van der Waals surface area contributed by atoms with Crippen LogP contribution in [0.1, 0.15) is 25.3 Å². The quantitative estimate of drug-likeness (QED) is 0.844. The summed E-state index contributed by atoms with van der Waals surface area (Å²) in [4.78, 5) is 2.53. The molecule has 1 aromatic rings. The fourth-order valence-corrected chi connectivity index (χ4v) is 2.95. The van der Waals surface area contributed by atoms with Gasteiger partial charge < -0.3 is 4.74 Å². The lowest BCUT2D eigenvalue weighted by Gasteiger charge is -2.31. The molecule has 3 heteroatoms. The van der Waals surface area contributed by atoms with Crippen LogP contribution < -0.4 is 4.74 Å². The van der Waals surface area contributed by atoms with Crippen molar-refractivity contribution in [1.82, 2.24) is 4.90 Å². The van der Waals surface area contributed by atoms with Crippen LogP contribution in [0, 0.1) is 5.92 Å². The van der Waals surface area contributed by atoms with E-state index in [4.69, 9.17) is 4.74 Å². The standard InChI is InChI=1S/C14H20BrNO/c1-11-4-3-7-16(9-11)10-12-8-13(15)5-6-14(12)17-2/h5-6,8,11H,3-4,7,9-10H2,1-2H3. The van der Waals surface area contributed by atoms with Crippen molar-refractivity contribution >= 4 is 15.9 Å². The summed E-state index contributed by atoms with van der Waals surface area (Å²) in [6, 6.07) is 6.23. The molecule has 1 atom stereocenters. The molecule has 0 bridgehead atoms. The molecule has 1 saturated heterocycles. The van der Waals surface area contributed by atoms with Crippen LogP contribution in [0.25, 0.3) is 0 Å². The maximum atomic E-state index is 5.42. The summed E-state index contributed by atoms with van der Waals surface area (Å²) in [5.41, 5.74) is 1.27. The monoisotopic (exact) mass is 297 g/mol.